The summed E-state index contributed by atoms with van der Waals surface area (Å²) in [6.45, 7) is 0.968. The van der Waals surface area contributed by atoms with E-state index in [1.807, 2.05) is 29.2 Å². The highest BCUT2D eigenvalue weighted by atomic mass is 19.4. The van der Waals surface area contributed by atoms with Crippen LogP contribution in [0.2, 0.25) is 0 Å². The van der Waals surface area contributed by atoms with Crippen molar-refractivity contribution in [2.24, 2.45) is 0 Å². The molecule has 0 unspecified atom stereocenters. The van der Waals surface area contributed by atoms with Crippen LogP contribution in [0.5, 0.6) is 0 Å². The number of imide groups is 1. The zero-order valence-electron chi connectivity index (χ0n) is 17.5. The van der Waals surface area contributed by atoms with Crippen LogP contribution in [0.15, 0.2) is 84.6 Å². The van der Waals surface area contributed by atoms with Gasteiger partial charge in [-0.15, -0.1) is 0 Å². The van der Waals surface area contributed by atoms with Crippen molar-refractivity contribution in [3.63, 3.8) is 0 Å². The lowest BCUT2D eigenvalue weighted by molar-refractivity contribution is -0.137. The van der Waals surface area contributed by atoms with Crippen molar-refractivity contribution >= 4 is 23.1 Å². The van der Waals surface area contributed by atoms with Crippen molar-refractivity contribution in [3.8, 4) is 0 Å². The van der Waals surface area contributed by atoms with Gasteiger partial charge in [-0.05, 0) is 41.3 Å². The fourth-order valence-corrected chi connectivity index (χ4v) is 4.42. The van der Waals surface area contributed by atoms with Crippen molar-refractivity contribution in [3.05, 3.63) is 107 Å². The molecule has 0 atom stereocenters. The molecule has 2 amide bonds. The van der Waals surface area contributed by atoms with Gasteiger partial charge in [0.1, 0.15) is 5.70 Å². The van der Waals surface area contributed by atoms with Gasteiger partial charge in [0, 0.05) is 13.1 Å². The molecular formula is C26H19F3N2O2. The van der Waals surface area contributed by atoms with Crippen molar-refractivity contribution in [2.45, 2.75) is 19.1 Å². The van der Waals surface area contributed by atoms with E-state index >= 15 is 0 Å². The van der Waals surface area contributed by atoms with E-state index in [-0.39, 0.29) is 17.0 Å². The van der Waals surface area contributed by atoms with Gasteiger partial charge in [0.15, 0.2) is 0 Å². The Bertz CT molecular complexity index is 1280. The SMILES string of the molecule is O=C1C(c2ccccc2)=C(N2CCc3ccccc3C2)C(=O)N1c1cccc(C(F)(F)F)c1. The Hall–Kier alpha value is -3.87. The summed E-state index contributed by atoms with van der Waals surface area (Å²) in [6.07, 6.45) is -3.89. The Morgan fingerprint density at radius 2 is 1.45 bits per heavy atom. The molecule has 0 aliphatic carbocycles. The summed E-state index contributed by atoms with van der Waals surface area (Å²) in [4.78, 5) is 29.8. The summed E-state index contributed by atoms with van der Waals surface area (Å²) < 4.78 is 39.9. The first-order chi connectivity index (χ1) is 15.8. The summed E-state index contributed by atoms with van der Waals surface area (Å²) in [6, 6.07) is 21.0. The van der Waals surface area contributed by atoms with Crippen LogP contribution in [0.1, 0.15) is 22.3 Å². The second kappa shape index (κ2) is 7.92. The maximum atomic E-state index is 13.6. The van der Waals surface area contributed by atoms with Gasteiger partial charge in [-0.25, -0.2) is 4.90 Å². The van der Waals surface area contributed by atoms with Crippen LogP contribution in [0.25, 0.3) is 5.57 Å². The molecule has 7 heteroatoms. The Kier molecular flexibility index (Phi) is 5.04. The number of rotatable bonds is 3. The van der Waals surface area contributed by atoms with Gasteiger partial charge in [0.25, 0.3) is 11.8 Å². The third-order valence-electron chi connectivity index (χ3n) is 6.00. The first-order valence-corrected chi connectivity index (χ1v) is 10.5. The number of alkyl halides is 3. The monoisotopic (exact) mass is 448 g/mol. The van der Waals surface area contributed by atoms with Crippen molar-refractivity contribution in [1.82, 2.24) is 4.90 Å². The van der Waals surface area contributed by atoms with Crippen molar-refractivity contribution in [2.75, 3.05) is 11.4 Å². The van der Waals surface area contributed by atoms with E-state index in [4.69, 9.17) is 0 Å². The van der Waals surface area contributed by atoms with E-state index in [0.717, 1.165) is 22.6 Å². The van der Waals surface area contributed by atoms with E-state index in [0.29, 0.717) is 25.1 Å². The van der Waals surface area contributed by atoms with Crippen LogP contribution in [-0.4, -0.2) is 23.3 Å². The van der Waals surface area contributed by atoms with Gasteiger partial charge < -0.3 is 4.90 Å². The molecule has 2 aliphatic heterocycles. The minimum absolute atomic E-state index is 0.0966. The molecule has 3 aromatic rings. The zero-order chi connectivity index (χ0) is 23.2. The third kappa shape index (κ3) is 3.69. The Morgan fingerprint density at radius 3 is 2.18 bits per heavy atom. The lowest BCUT2D eigenvalue weighted by Gasteiger charge is -2.31. The van der Waals surface area contributed by atoms with E-state index in [1.165, 1.54) is 17.7 Å². The quantitative estimate of drug-likeness (QED) is 0.527. The Morgan fingerprint density at radius 1 is 0.758 bits per heavy atom. The minimum atomic E-state index is -4.59. The second-order valence-corrected chi connectivity index (χ2v) is 8.02. The zero-order valence-corrected chi connectivity index (χ0v) is 17.5. The smallest absolute Gasteiger partial charge is 0.362 e. The number of hydrogen-bond acceptors (Lipinski definition) is 3. The molecule has 3 aromatic carbocycles. The predicted molar refractivity (Wildman–Crippen MR) is 118 cm³/mol. The lowest BCUT2D eigenvalue weighted by Crippen LogP contribution is -2.37. The Balaban J connectivity index is 1.60. The van der Waals surface area contributed by atoms with Crippen LogP contribution >= 0.6 is 0 Å². The predicted octanol–water partition coefficient (Wildman–Crippen LogP) is 5.05. The Labute approximate surface area is 188 Å². The fraction of sp³-hybridized carbons (Fsp3) is 0.154. The molecule has 5 rings (SSSR count). The summed E-state index contributed by atoms with van der Waals surface area (Å²) in [5.74, 6) is -1.24. The highest BCUT2D eigenvalue weighted by Gasteiger charge is 2.43. The molecule has 4 nitrogen and oxygen atoms in total. The fourth-order valence-electron chi connectivity index (χ4n) is 4.42. The van der Waals surface area contributed by atoms with Crippen molar-refractivity contribution in [1.29, 1.82) is 0 Å². The number of hydrogen-bond donors (Lipinski definition) is 0. The van der Waals surface area contributed by atoms with Crippen LogP contribution < -0.4 is 4.90 Å². The molecule has 2 heterocycles. The second-order valence-electron chi connectivity index (χ2n) is 8.02. The van der Waals surface area contributed by atoms with Gasteiger partial charge in [0.2, 0.25) is 0 Å². The van der Waals surface area contributed by atoms with Crippen molar-refractivity contribution < 1.29 is 22.8 Å². The van der Waals surface area contributed by atoms with Gasteiger partial charge >= 0.3 is 6.18 Å². The number of nitrogens with zero attached hydrogens (tertiary/aromatic N) is 2. The number of amides is 2. The van der Waals surface area contributed by atoms with Gasteiger partial charge in [-0.1, -0.05) is 60.7 Å². The molecule has 0 saturated carbocycles. The van der Waals surface area contributed by atoms with Crippen LogP contribution in [0.3, 0.4) is 0 Å². The molecule has 33 heavy (non-hydrogen) atoms. The number of halogens is 3. The summed E-state index contributed by atoms with van der Waals surface area (Å²) in [7, 11) is 0. The summed E-state index contributed by atoms with van der Waals surface area (Å²) in [5, 5.41) is 0. The molecule has 0 fully saturated rings. The average molecular weight is 448 g/mol. The number of anilines is 1. The topological polar surface area (TPSA) is 40.6 Å². The molecule has 166 valence electrons. The first-order valence-electron chi connectivity index (χ1n) is 10.5. The average Bonchev–Trinajstić information content (AvgIpc) is 3.08. The standard InChI is InChI=1S/C26H19F3N2O2/c27-26(28,29)20-11-6-12-21(15-20)31-24(32)22(18-8-2-1-3-9-18)23(25(31)33)30-14-13-17-7-4-5-10-19(17)16-30/h1-12,15H,13-14,16H2. The highest BCUT2D eigenvalue weighted by molar-refractivity contribution is 6.45. The first kappa shape index (κ1) is 21.0. The van der Waals surface area contributed by atoms with E-state index in [2.05, 4.69) is 0 Å². The summed E-state index contributed by atoms with van der Waals surface area (Å²) >= 11 is 0. The van der Waals surface area contributed by atoms with Gasteiger partial charge in [-0.3, -0.25) is 9.59 Å². The van der Waals surface area contributed by atoms with Crippen LogP contribution in [0.4, 0.5) is 18.9 Å². The molecule has 0 aromatic heterocycles. The van der Waals surface area contributed by atoms with Gasteiger partial charge in [0.05, 0.1) is 16.8 Å². The molecular weight excluding hydrogens is 429 g/mol. The van der Waals surface area contributed by atoms with Crippen LogP contribution in [-0.2, 0) is 28.7 Å². The minimum Gasteiger partial charge on any atom is -0.362 e. The number of fused-ring (bicyclic) bond motifs is 1. The maximum Gasteiger partial charge on any atom is 0.416 e. The molecule has 2 aliphatic rings. The van der Waals surface area contributed by atoms with E-state index < -0.39 is 23.6 Å². The largest absolute Gasteiger partial charge is 0.416 e. The molecule has 0 saturated heterocycles. The molecule has 0 bridgehead atoms. The third-order valence-corrected chi connectivity index (χ3v) is 6.00. The molecule has 0 N–H and O–H groups in total. The number of carbonyl (C=O) groups excluding carboxylic acids is 2. The van der Waals surface area contributed by atoms with Crippen LogP contribution in [0, 0.1) is 0 Å². The normalized spacial score (nSPS) is 16.5. The molecule has 0 radical (unpaired) electrons. The van der Waals surface area contributed by atoms with E-state index in [1.54, 1.807) is 30.3 Å². The van der Waals surface area contributed by atoms with E-state index in [9.17, 15) is 22.8 Å². The number of benzene rings is 3. The highest BCUT2D eigenvalue weighted by Crippen LogP contribution is 2.38. The molecule has 0 spiro atoms. The number of carbonyl (C=O) groups is 2. The summed E-state index contributed by atoms with van der Waals surface area (Å²) in [5.41, 5.74) is 2.21. The maximum absolute atomic E-state index is 13.6. The van der Waals surface area contributed by atoms with Gasteiger partial charge in [-0.2, -0.15) is 13.2 Å². The lowest BCUT2D eigenvalue weighted by atomic mass is 9.98.